The Balaban J connectivity index is 2.00. The van der Waals surface area contributed by atoms with Gasteiger partial charge in [0, 0.05) is 18.6 Å². The topological polar surface area (TPSA) is 59.9 Å². The molecular weight excluding hydrogens is 390 g/mol. The van der Waals surface area contributed by atoms with Crippen molar-refractivity contribution in [2.75, 3.05) is 0 Å². The van der Waals surface area contributed by atoms with Crippen molar-refractivity contribution in [3.8, 4) is 11.3 Å². The summed E-state index contributed by atoms with van der Waals surface area (Å²) in [6, 6.07) is 8.29. The van der Waals surface area contributed by atoms with E-state index in [0.29, 0.717) is 17.9 Å². The fraction of sp³-hybridized carbons (Fsp3) is 0.500. The molecular formula is C24H35N3O2Si. The van der Waals surface area contributed by atoms with Crippen molar-refractivity contribution in [2.45, 2.75) is 65.8 Å². The Hall–Kier alpha value is -2.18. The molecule has 0 amide bonds. The minimum Gasteiger partial charge on any atom is -0.413 e. The van der Waals surface area contributed by atoms with Crippen LogP contribution in [0.15, 0.2) is 35.3 Å². The van der Waals surface area contributed by atoms with Crippen molar-refractivity contribution >= 4 is 19.1 Å². The van der Waals surface area contributed by atoms with Crippen LogP contribution in [-0.2, 0) is 24.5 Å². The lowest BCUT2D eigenvalue weighted by atomic mass is 10.0. The molecule has 0 aliphatic rings. The van der Waals surface area contributed by atoms with E-state index in [0.717, 1.165) is 34.3 Å². The van der Waals surface area contributed by atoms with Crippen molar-refractivity contribution in [3.63, 3.8) is 0 Å². The van der Waals surface area contributed by atoms with Crippen LogP contribution < -0.4 is 5.56 Å². The summed E-state index contributed by atoms with van der Waals surface area (Å²) in [7, 11) is -0.0960. The normalized spacial score (nSPS) is 12.8. The van der Waals surface area contributed by atoms with Crippen LogP contribution in [0.4, 0.5) is 0 Å². The molecule has 0 aliphatic carbocycles. The molecule has 0 bridgehead atoms. The summed E-state index contributed by atoms with van der Waals surface area (Å²) in [6.07, 6.45) is 2.76. The second-order valence-corrected chi connectivity index (χ2v) is 15.0. The first kappa shape index (κ1) is 22.5. The number of fused-ring (bicyclic) bond motifs is 1. The van der Waals surface area contributed by atoms with Gasteiger partial charge in [-0.2, -0.15) is 5.10 Å². The molecule has 0 spiro atoms. The van der Waals surface area contributed by atoms with E-state index in [1.165, 1.54) is 4.68 Å². The third kappa shape index (κ3) is 4.44. The van der Waals surface area contributed by atoms with Gasteiger partial charge in [-0.1, -0.05) is 52.8 Å². The molecule has 0 aliphatic heterocycles. The molecule has 162 valence electrons. The van der Waals surface area contributed by atoms with E-state index < -0.39 is 8.32 Å². The zero-order valence-corrected chi connectivity index (χ0v) is 20.6. The standard InChI is InChI=1S/C24H35N3O2Si/c1-16(2)12-20-19-14-25-22(21(19)23(28)27(6)26-20)18-11-9-10-17(13-18)15-29-30(7,8)24(3,4)5/h9-11,13-14,16,25H,12,15H2,1-8H3. The maximum Gasteiger partial charge on any atom is 0.276 e. The largest absolute Gasteiger partial charge is 0.413 e. The molecule has 0 unspecified atom stereocenters. The van der Waals surface area contributed by atoms with Crippen molar-refractivity contribution < 1.29 is 4.43 Å². The van der Waals surface area contributed by atoms with Gasteiger partial charge in [-0.05, 0) is 47.7 Å². The fourth-order valence-corrected chi connectivity index (χ4v) is 4.34. The first-order chi connectivity index (χ1) is 13.9. The number of hydrogen-bond acceptors (Lipinski definition) is 3. The van der Waals surface area contributed by atoms with Crippen LogP contribution in [0.5, 0.6) is 0 Å². The summed E-state index contributed by atoms with van der Waals surface area (Å²) in [5.74, 6) is 0.465. The maximum absolute atomic E-state index is 12.9. The molecule has 6 heteroatoms. The summed E-state index contributed by atoms with van der Waals surface area (Å²) < 4.78 is 7.86. The molecule has 3 aromatic rings. The van der Waals surface area contributed by atoms with E-state index in [1.807, 2.05) is 18.3 Å². The smallest absolute Gasteiger partial charge is 0.276 e. The molecule has 1 aromatic carbocycles. The van der Waals surface area contributed by atoms with Gasteiger partial charge in [0.25, 0.3) is 5.56 Å². The molecule has 5 nitrogen and oxygen atoms in total. The highest BCUT2D eigenvalue weighted by atomic mass is 28.4. The molecule has 30 heavy (non-hydrogen) atoms. The number of H-pyrrole nitrogens is 1. The number of aryl methyl sites for hydroxylation is 1. The summed E-state index contributed by atoms with van der Waals surface area (Å²) in [6.45, 7) is 16.2. The van der Waals surface area contributed by atoms with Crippen molar-refractivity contribution in [1.29, 1.82) is 0 Å². The lowest BCUT2D eigenvalue weighted by molar-refractivity contribution is 0.276. The fourth-order valence-electron chi connectivity index (χ4n) is 3.38. The van der Waals surface area contributed by atoms with E-state index in [9.17, 15) is 4.79 Å². The molecule has 0 saturated heterocycles. The van der Waals surface area contributed by atoms with Crippen LogP contribution in [0.1, 0.15) is 45.9 Å². The summed E-state index contributed by atoms with van der Waals surface area (Å²) in [5, 5.41) is 6.32. The highest BCUT2D eigenvalue weighted by molar-refractivity contribution is 6.74. The van der Waals surface area contributed by atoms with Crippen LogP contribution in [0.2, 0.25) is 18.1 Å². The molecule has 1 N–H and O–H groups in total. The predicted molar refractivity (Wildman–Crippen MR) is 127 cm³/mol. The minimum atomic E-state index is -1.82. The molecule has 0 saturated carbocycles. The van der Waals surface area contributed by atoms with Gasteiger partial charge in [-0.3, -0.25) is 4.79 Å². The summed E-state index contributed by atoms with van der Waals surface area (Å²) >= 11 is 0. The second kappa shape index (κ2) is 8.15. The zero-order valence-electron chi connectivity index (χ0n) is 19.6. The Morgan fingerprint density at radius 3 is 2.57 bits per heavy atom. The number of nitrogens with one attached hydrogen (secondary N) is 1. The molecule has 3 rings (SSSR count). The third-order valence-electron chi connectivity index (χ3n) is 6.19. The van der Waals surface area contributed by atoms with Crippen LogP contribution in [-0.4, -0.2) is 23.1 Å². The van der Waals surface area contributed by atoms with Crippen molar-refractivity contribution in [1.82, 2.24) is 14.8 Å². The molecule has 0 radical (unpaired) electrons. The van der Waals surface area contributed by atoms with E-state index in [-0.39, 0.29) is 10.6 Å². The Bertz CT molecular complexity index is 1100. The Morgan fingerprint density at radius 2 is 1.93 bits per heavy atom. The van der Waals surface area contributed by atoms with Crippen LogP contribution >= 0.6 is 0 Å². The van der Waals surface area contributed by atoms with Crippen LogP contribution in [0.25, 0.3) is 22.0 Å². The average Bonchev–Trinajstić information content (AvgIpc) is 3.09. The molecule has 2 heterocycles. The summed E-state index contributed by atoms with van der Waals surface area (Å²) in [4.78, 5) is 16.3. The number of nitrogens with zero attached hydrogens (tertiary/aromatic N) is 2. The number of hydrogen-bond donors (Lipinski definition) is 1. The van der Waals surface area contributed by atoms with Crippen molar-refractivity contribution in [3.05, 3.63) is 52.1 Å². The van der Waals surface area contributed by atoms with E-state index in [4.69, 9.17) is 4.43 Å². The third-order valence-corrected chi connectivity index (χ3v) is 10.7. The molecule has 0 atom stereocenters. The monoisotopic (exact) mass is 425 g/mol. The Kier molecular flexibility index (Phi) is 6.12. The van der Waals surface area contributed by atoms with Gasteiger partial charge >= 0.3 is 0 Å². The average molecular weight is 426 g/mol. The lowest BCUT2D eigenvalue weighted by Gasteiger charge is -2.36. The zero-order chi connectivity index (χ0) is 22.3. The first-order valence-corrected chi connectivity index (χ1v) is 13.6. The van der Waals surface area contributed by atoms with Gasteiger partial charge < -0.3 is 9.41 Å². The number of aromatic amines is 1. The van der Waals surface area contributed by atoms with Crippen LogP contribution in [0, 0.1) is 5.92 Å². The predicted octanol–water partition coefficient (Wildman–Crippen LogP) is 5.65. The number of rotatable bonds is 6. The molecule has 2 aromatic heterocycles. The quantitative estimate of drug-likeness (QED) is 0.519. The van der Waals surface area contributed by atoms with Gasteiger partial charge in [-0.15, -0.1) is 0 Å². The highest BCUT2D eigenvalue weighted by Crippen LogP contribution is 2.37. The van der Waals surface area contributed by atoms with E-state index in [1.54, 1.807) is 7.05 Å². The SMILES string of the molecule is CC(C)Cc1nn(C)c(=O)c2c(-c3cccc(CO[Si](C)(C)C(C)(C)C)c3)[nH]cc12. The minimum absolute atomic E-state index is 0.0725. The van der Waals surface area contributed by atoms with Gasteiger partial charge in [0.05, 0.1) is 23.4 Å². The van der Waals surface area contributed by atoms with E-state index in [2.05, 4.69) is 69.9 Å². The number of aromatic nitrogens is 3. The van der Waals surface area contributed by atoms with Gasteiger partial charge in [-0.25, -0.2) is 4.68 Å². The Labute approximate surface area is 180 Å². The number of benzene rings is 1. The highest BCUT2D eigenvalue weighted by Gasteiger charge is 2.37. The maximum atomic E-state index is 12.9. The summed E-state index contributed by atoms with van der Waals surface area (Å²) in [5.41, 5.74) is 3.86. The van der Waals surface area contributed by atoms with E-state index >= 15 is 0 Å². The molecule has 0 fully saturated rings. The van der Waals surface area contributed by atoms with Gasteiger partial charge in [0.2, 0.25) is 0 Å². The Morgan fingerprint density at radius 1 is 1.23 bits per heavy atom. The van der Waals surface area contributed by atoms with Crippen molar-refractivity contribution in [2.24, 2.45) is 13.0 Å². The first-order valence-electron chi connectivity index (χ1n) is 10.7. The lowest BCUT2D eigenvalue weighted by Crippen LogP contribution is -2.40. The van der Waals surface area contributed by atoms with Gasteiger partial charge in [0.15, 0.2) is 8.32 Å². The van der Waals surface area contributed by atoms with Gasteiger partial charge in [0.1, 0.15) is 0 Å². The second-order valence-electron chi connectivity index (χ2n) is 10.2. The van der Waals surface area contributed by atoms with Crippen LogP contribution in [0.3, 0.4) is 0 Å².